The number of fused-ring (bicyclic) bond motifs is 1. The Morgan fingerprint density at radius 3 is 2.64 bits per heavy atom. The first kappa shape index (κ1) is 7.49. The predicted molar refractivity (Wildman–Crippen MR) is 49.9 cm³/mol. The first-order valence-electron chi connectivity index (χ1n) is 3.23. The summed E-state index contributed by atoms with van der Waals surface area (Å²) in [6.07, 6.45) is 0. The fraction of sp³-hybridized carbons (Fsp3) is 0.143. The topological polar surface area (TPSA) is 52.0 Å². The summed E-state index contributed by atoms with van der Waals surface area (Å²) in [5, 5.41) is 0. The molecule has 0 unspecified atom stereocenters. The van der Waals surface area contributed by atoms with Crippen LogP contribution in [0.2, 0.25) is 0 Å². The molecule has 58 valence electrons. The molecule has 1 aromatic rings. The smallest absolute Gasteiger partial charge is 0.150 e. The lowest BCUT2D eigenvalue weighted by atomic mass is 10.2. The second-order valence-corrected chi connectivity index (χ2v) is 4.90. The van der Waals surface area contributed by atoms with Gasteiger partial charge in [-0.1, -0.05) is 29.0 Å². The van der Waals surface area contributed by atoms with Crippen LogP contribution in [0.1, 0.15) is 5.56 Å². The molecule has 0 amide bonds. The van der Waals surface area contributed by atoms with Crippen molar-refractivity contribution in [3.05, 3.63) is 29.8 Å². The van der Waals surface area contributed by atoms with Crippen LogP contribution >= 0.6 is 21.6 Å². The summed E-state index contributed by atoms with van der Waals surface area (Å²) in [4.78, 5) is 0.490. The molecule has 0 radical (unpaired) electrons. The van der Waals surface area contributed by atoms with E-state index in [2.05, 4.69) is 0 Å². The Morgan fingerprint density at radius 2 is 1.91 bits per heavy atom. The normalized spacial score (nSPS) is 19.8. The van der Waals surface area contributed by atoms with Gasteiger partial charge in [0.2, 0.25) is 0 Å². The van der Waals surface area contributed by atoms with Crippen LogP contribution in [0, 0.1) is 0 Å². The Labute approximate surface area is 73.1 Å². The SMILES string of the molecule is NC1(N)SSc2ccccc21. The Balaban J connectivity index is 2.56. The van der Waals surface area contributed by atoms with Gasteiger partial charge in [0, 0.05) is 10.5 Å². The average Bonchev–Trinajstić information content (AvgIpc) is 2.29. The van der Waals surface area contributed by atoms with Crippen molar-refractivity contribution in [2.24, 2.45) is 11.5 Å². The summed E-state index contributed by atoms with van der Waals surface area (Å²) >= 11 is 0. The molecule has 0 fully saturated rings. The molecule has 4 N–H and O–H groups in total. The number of benzene rings is 1. The maximum atomic E-state index is 5.81. The molecular weight excluding hydrogens is 176 g/mol. The highest BCUT2D eigenvalue weighted by molar-refractivity contribution is 8.77. The van der Waals surface area contributed by atoms with Gasteiger partial charge in [0.25, 0.3) is 0 Å². The van der Waals surface area contributed by atoms with Gasteiger partial charge in [-0.25, -0.2) is 0 Å². The highest BCUT2D eigenvalue weighted by Crippen LogP contribution is 2.50. The van der Waals surface area contributed by atoms with E-state index in [0.29, 0.717) is 0 Å². The Hall–Kier alpha value is -0.160. The van der Waals surface area contributed by atoms with E-state index in [1.165, 1.54) is 15.7 Å². The van der Waals surface area contributed by atoms with Gasteiger partial charge in [-0.05, 0) is 16.9 Å². The lowest BCUT2D eigenvalue weighted by Crippen LogP contribution is -2.40. The first-order valence-corrected chi connectivity index (χ1v) is 5.38. The van der Waals surface area contributed by atoms with Gasteiger partial charge >= 0.3 is 0 Å². The zero-order valence-electron chi connectivity index (χ0n) is 5.78. The van der Waals surface area contributed by atoms with Crippen LogP contribution in [0.5, 0.6) is 0 Å². The molecule has 0 atom stereocenters. The average molecular weight is 184 g/mol. The molecule has 0 saturated heterocycles. The number of hydrogen-bond donors (Lipinski definition) is 2. The third kappa shape index (κ3) is 1.16. The van der Waals surface area contributed by atoms with Gasteiger partial charge in [0.15, 0.2) is 0 Å². The minimum absolute atomic E-state index is 0.693. The van der Waals surface area contributed by atoms with Crippen LogP contribution in [0.25, 0.3) is 0 Å². The van der Waals surface area contributed by atoms with Gasteiger partial charge in [0.1, 0.15) is 4.99 Å². The molecule has 0 spiro atoms. The Bertz CT molecular complexity index is 286. The van der Waals surface area contributed by atoms with E-state index in [4.69, 9.17) is 11.5 Å². The molecular formula is C7H8N2S2. The monoisotopic (exact) mass is 184 g/mol. The number of rotatable bonds is 0. The van der Waals surface area contributed by atoms with Crippen molar-refractivity contribution >= 4 is 21.6 Å². The van der Waals surface area contributed by atoms with E-state index >= 15 is 0 Å². The van der Waals surface area contributed by atoms with E-state index in [0.717, 1.165) is 5.56 Å². The van der Waals surface area contributed by atoms with E-state index in [-0.39, 0.29) is 0 Å². The van der Waals surface area contributed by atoms with Crippen molar-refractivity contribution < 1.29 is 0 Å². The third-order valence-electron chi connectivity index (χ3n) is 1.58. The number of hydrogen-bond acceptors (Lipinski definition) is 4. The van der Waals surface area contributed by atoms with Gasteiger partial charge in [-0.2, -0.15) is 0 Å². The van der Waals surface area contributed by atoms with E-state index in [1.807, 2.05) is 24.3 Å². The van der Waals surface area contributed by atoms with Gasteiger partial charge < -0.3 is 11.5 Å². The van der Waals surface area contributed by atoms with Crippen LogP contribution in [0.4, 0.5) is 0 Å². The molecule has 0 saturated carbocycles. The summed E-state index contributed by atoms with van der Waals surface area (Å²) in [5.41, 5.74) is 12.7. The summed E-state index contributed by atoms with van der Waals surface area (Å²) in [6, 6.07) is 7.96. The molecule has 1 aromatic carbocycles. The quantitative estimate of drug-likeness (QED) is 0.473. The fourth-order valence-corrected chi connectivity index (χ4v) is 3.43. The fourth-order valence-electron chi connectivity index (χ4n) is 1.02. The van der Waals surface area contributed by atoms with E-state index in [9.17, 15) is 0 Å². The molecule has 1 aliphatic heterocycles. The number of nitrogens with two attached hydrogens (primary N) is 2. The maximum absolute atomic E-state index is 5.81. The minimum Gasteiger partial charge on any atom is -0.300 e. The predicted octanol–water partition coefficient (Wildman–Crippen LogP) is 1.47. The van der Waals surface area contributed by atoms with Crippen molar-refractivity contribution in [2.45, 2.75) is 9.89 Å². The van der Waals surface area contributed by atoms with Crippen LogP contribution < -0.4 is 11.5 Å². The standard InChI is InChI=1S/C7H8N2S2/c8-7(9)5-3-1-2-4-6(5)10-11-7/h1-4H,8-9H2. The molecule has 0 aromatic heterocycles. The lowest BCUT2D eigenvalue weighted by molar-refractivity contribution is 0.691. The lowest BCUT2D eigenvalue weighted by Gasteiger charge is -2.15. The first-order chi connectivity index (χ1) is 5.20. The van der Waals surface area contributed by atoms with Crippen molar-refractivity contribution in [1.82, 2.24) is 0 Å². The summed E-state index contributed by atoms with van der Waals surface area (Å²) in [5.74, 6) is 0. The molecule has 0 aliphatic carbocycles. The van der Waals surface area contributed by atoms with Crippen molar-refractivity contribution in [2.75, 3.05) is 0 Å². The van der Waals surface area contributed by atoms with Gasteiger partial charge in [0.05, 0.1) is 0 Å². The molecule has 4 heteroatoms. The second-order valence-electron chi connectivity index (χ2n) is 2.46. The Morgan fingerprint density at radius 1 is 1.18 bits per heavy atom. The molecule has 11 heavy (non-hydrogen) atoms. The minimum atomic E-state index is -0.693. The van der Waals surface area contributed by atoms with Gasteiger partial charge in [-0.3, -0.25) is 0 Å². The van der Waals surface area contributed by atoms with Crippen LogP contribution in [0.15, 0.2) is 29.2 Å². The van der Waals surface area contributed by atoms with E-state index in [1.54, 1.807) is 10.8 Å². The van der Waals surface area contributed by atoms with Crippen LogP contribution in [-0.2, 0) is 4.99 Å². The summed E-state index contributed by atoms with van der Waals surface area (Å²) in [6.45, 7) is 0. The maximum Gasteiger partial charge on any atom is 0.150 e. The second kappa shape index (κ2) is 2.42. The highest BCUT2D eigenvalue weighted by Gasteiger charge is 2.32. The van der Waals surface area contributed by atoms with E-state index < -0.39 is 4.99 Å². The highest BCUT2D eigenvalue weighted by atomic mass is 33.1. The molecule has 1 aliphatic rings. The van der Waals surface area contributed by atoms with Crippen molar-refractivity contribution in [1.29, 1.82) is 0 Å². The zero-order chi connectivity index (χ0) is 7.90. The molecule has 2 rings (SSSR count). The molecule has 0 bridgehead atoms. The van der Waals surface area contributed by atoms with Crippen molar-refractivity contribution in [3.63, 3.8) is 0 Å². The molecule has 1 heterocycles. The Kier molecular flexibility index (Phi) is 1.64. The zero-order valence-corrected chi connectivity index (χ0v) is 7.41. The summed E-state index contributed by atoms with van der Waals surface area (Å²) in [7, 11) is 3.14. The molecule has 2 nitrogen and oxygen atoms in total. The van der Waals surface area contributed by atoms with Gasteiger partial charge in [-0.15, -0.1) is 0 Å². The van der Waals surface area contributed by atoms with Crippen molar-refractivity contribution in [3.8, 4) is 0 Å². The third-order valence-corrected chi connectivity index (χ3v) is 4.31. The largest absolute Gasteiger partial charge is 0.300 e. The summed E-state index contributed by atoms with van der Waals surface area (Å²) < 4.78 is 0. The van der Waals surface area contributed by atoms with Crippen LogP contribution in [-0.4, -0.2) is 0 Å². The van der Waals surface area contributed by atoms with Crippen LogP contribution in [0.3, 0.4) is 0 Å².